The maximum Gasteiger partial charge on any atom is 0.573 e. The Kier molecular flexibility index (Phi) is 5.83. The zero-order valence-corrected chi connectivity index (χ0v) is 16.2. The molecule has 0 radical (unpaired) electrons. The summed E-state index contributed by atoms with van der Waals surface area (Å²) in [6, 6.07) is 10.2. The van der Waals surface area contributed by atoms with Gasteiger partial charge in [0.05, 0.1) is 6.54 Å². The molecule has 0 aliphatic carbocycles. The van der Waals surface area contributed by atoms with E-state index in [1.54, 1.807) is 24.4 Å². The van der Waals surface area contributed by atoms with Gasteiger partial charge >= 0.3 is 6.36 Å². The fraction of sp³-hybridized carbons (Fsp3) is 0.238. The number of anilines is 1. The van der Waals surface area contributed by atoms with Gasteiger partial charge in [0.15, 0.2) is 11.6 Å². The van der Waals surface area contributed by atoms with Crippen molar-refractivity contribution in [2.75, 3.05) is 24.7 Å². The van der Waals surface area contributed by atoms with Crippen LogP contribution in [0.25, 0.3) is 10.9 Å². The van der Waals surface area contributed by atoms with Crippen LogP contribution in [0, 0.1) is 11.6 Å². The summed E-state index contributed by atoms with van der Waals surface area (Å²) < 4.78 is 79.7. The number of alkyl halides is 3. The first-order valence-corrected chi connectivity index (χ1v) is 9.34. The van der Waals surface area contributed by atoms with Gasteiger partial charge in [0.2, 0.25) is 5.75 Å². The molecule has 1 atom stereocenters. The highest BCUT2D eigenvalue weighted by molar-refractivity contribution is 5.95. The first-order chi connectivity index (χ1) is 15.2. The second-order valence-electron chi connectivity index (χ2n) is 6.87. The molecule has 0 N–H and O–H groups in total. The fourth-order valence-corrected chi connectivity index (χ4v) is 3.27. The minimum atomic E-state index is -5.27. The van der Waals surface area contributed by atoms with Crippen molar-refractivity contribution in [3.63, 3.8) is 0 Å². The van der Waals surface area contributed by atoms with Crippen LogP contribution >= 0.6 is 0 Å². The van der Waals surface area contributed by atoms with Crippen LogP contribution < -0.4 is 14.4 Å². The molecule has 4 rings (SSSR count). The van der Waals surface area contributed by atoms with Gasteiger partial charge in [-0.15, -0.1) is 13.2 Å². The number of carbonyl (C=O) groups excluding carboxylic acids is 1. The number of halogens is 5. The number of para-hydroxylation sites is 1. The number of hydrogen-bond acceptors (Lipinski definition) is 5. The molecule has 6 nitrogen and oxygen atoms in total. The lowest BCUT2D eigenvalue weighted by Crippen LogP contribution is -2.49. The van der Waals surface area contributed by atoms with Gasteiger partial charge in [-0.2, -0.15) is 0 Å². The number of amides is 1. The molecule has 1 aliphatic heterocycles. The van der Waals surface area contributed by atoms with Crippen LogP contribution in [0.2, 0.25) is 0 Å². The smallest absolute Gasteiger partial charge is 0.489 e. The fourth-order valence-electron chi connectivity index (χ4n) is 3.27. The van der Waals surface area contributed by atoms with Crippen molar-refractivity contribution in [2.45, 2.75) is 12.5 Å². The van der Waals surface area contributed by atoms with Crippen molar-refractivity contribution in [1.29, 1.82) is 0 Å². The molecule has 1 amide bonds. The maximum atomic E-state index is 14.1. The molecule has 0 saturated carbocycles. The van der Waals surface area contributed by atoms with Crippen molar-refractivity contribution in [2.24, 2.45) is 0 Å². The summed E-state index contributed by atoms with van der Waals surface area (Å²) in [5.74, 6) is -4.90. The number of benzene rings is 2. The van der Waals surface area contributed by atoms with E-state index in [-0.39, 0.29) is 18.8 Å². The highest BCUT2D eigenvalue weighted by Crippen LogP contribution is 2.33. The van der Waals surface area contributed by atoms with Crippen molar-refractivity contribution in [3.05, 3.63) is 60.3 Å². The number of nitrogens with zero attached hydrogens (tertiary/aromatic N) is 2. The number of aromatic nitrogens is 1. The molecule has 1 fully saturated rings. The minimum absolute atomic E-state index is 0.000297. The van der Waals surface area contributed by atoms with Gasteiger partial charge in [-0.3, -0.25) is 9.78 Å². The summed E-state index contributed by atoms with van der Waals surface area (Å²) in [7, 11) is 0. The van der Waals surface area contributed by atoms with Crippen molar-refractivity contribution >= 4 is 22.5 Å². The predicted octanol–water partition coefficient (Wildman–Crippen LogP) is 4.22. The molecule has 0 spiro atoms. The van der Waals surface area contributed by atoms with Crippen LogP contribution in [0.4, 0.5) is 27.6 Å². The van der Waals surface area contributed by atoms with E-state index in [9.17, 15) is 26.7 Å². The van der Waals surface area contributed by atoms with Crippen LogP contribution in [0.5, 0.6) is 11.5 Å². The third-order valence-electron chi connectivity index (χ3n) is 4.66. The van der Waals surface area contributed by atoms with E-state index < -0.39 is 42.4 Å². The van der Waals surface area contributed by atoms with Gasteiger partial charge in [0.1, 0.15) is 30.6 Å². The summed E-state index contributed by atoms with van der Waals surface area (Å²) in [4.78, 5) is 17.5. The lowest BCUT2D eigenvalue weighted by atomic mass is 10.2. The number of pyridine rings is 1. The molecule has 1 aliphatic rings. The van der Waals surface area contributed by atoms with Crippen LogP contribution in [-0.2, 0) is 9.53 Å². The zero-order valence-electron chi connectivity index (χ0n) is 16.2. The highest BCUT2D eigenvalue weighted by atomic mass is 19.4. The van der Waals surface area contributed by atoms with Gasteiger partial charge in [-0.05, 0) is 12.1 Å². The standard InChI is InChI=1S/C21H15F5N2O4/c22-15-7-13(8-16(23)20(15)32-21(24,25)26)28-9-14(30-11-18(28)29)10-31-17-5-1-3-12-4-2-6-27-19(12)17/h1-8,14H,9-11H2. The Bertz CT molecular complexity index is 1130. The van der Waals surface area contributed by atoms with E-state index >= 15 is 0 Å². The number of hydrogen-bond donors (Lipinski definition) is 0. The minimum Gasteiger partial charge on any atom is -0.489 e. The average molecular weight is 454 g/mol. The van der Waals surface area contributed by atoms with Gasteiger partial charge in [-0.25, -0.2) is 8.78 Å². The van der Waals surface area contributed by atoms with Crippen LogP contribution in [0.3, 0.4) is 0 Å². The van der Waals surface area contributed by atoms with E-state index in [1.807, 2.05) is 12.1 Å². The van der Waals surface area contributed by atoms with Gasteiger partial charge in [0.25, 0.3) is 5.91 Å². The van der Waals surface area contributed by atoms with E-state index in [4.69, 9.17) is 9.47 Å². The summed E-state index contributed by atoms with van der Waals surface area (Å²) in [6.07, 6.45) is -4.32. The molecule has 2 aromatic carbocycles. The second kappa shape index (κ2) is 8.58. The Labute approximate surface area is 178 Å². The quantitative estimate of drug-likeness (QED) is 0.541. The van der Waals surface area contributed by atoms with Gasteiger partial charge in [0, 0.05) is 29.4 Å². The van der Waals surface area contributed by atoms with Crippen molar-refractivity contribution < 1.29 is 41.0 Å². The van der Waals surface area contributed by atoms with E-state index in [2.05, 4.69) is 9.72 Å². The summed E-state index contributed by atoms with van der Waals surface area (Å²) in [5, 5.41) is 0.860. The molecule has 1 aromatic heterocycles. The number of fused-ring (bicyclic) bond motifs is 1. The Morgan fingerprint density at radius 1 is 1.12 bits per heavy atom. The van der Waals surface area contributed by atoms with E-state index in [1.165, 1.54) is 0 Å². The Morgan fingerprint density at radius 2 is 1.84 bits per heavy atom. The molecular formula is C21H15F5N2O4. The monoisotopic (exact) mass is 454 g/mol. The SMILES string of the molecule is O=C1COC(COc2cccc3cccnc23)CN1c1cc(F)c(OC(F)(F)F)c(F)c1. The molecule has 1 unspecified atom stereocenters. The largest absolute Gasteiger partial charge is 0.573 e. The third-order valence-corrected chi connectivity index (χ3v) is 4.66. The Hall–Kier alpha value is -3.47. The molecule has 0 bridgehead atoms. The maximum absolute atomic E-state index is 14.1. The van der Waals surface area contributed by atoms with Gasteiger partial charge in [-0.1, -0.05) is 18.2 Å². The molecule has 1 saturated heterocycles. The molecule has 2 heterocycles. The van der Waals surface area contributed by atoms with E-state index in [0.717, 1.165) is 10.3 Å². The molecule has 168 valence electrons. The predicted molar refractivity (Wildman–Crippen MR) is 102 cm³/mol. The third kappa shape index (κ3) is 4.72. The summed E-state index contributed by atoms with van der Waals surface area (Å²) in [6.45, 7) is -0.527. The Balaban J connectivity index is 1.49. The van der Waals surface area contributed by atoms with Crippen molar-refractivity contribution in [1.82, 2.24) is 4.98 Å². The average Bonchev–Trinajstić information content (AvgIpc) is 2.75. The number of rotatable bonds is 5. The number of ether oxygens (including phenoxy) is 3. The van der Waals surface area contributed by atoms with Crippen LogP contribution in [0.1, 0.15) is 0 Å². The molecule has 32 heavy (non-hydrogen) atoms. The van der Waals surface area contributed by atoms with Gasteiger partial charge < -0.3 is 19.1 Å². The van der Waals surface area contributed by atoms with Crippen LogP contribution in [0.15, 0.2) is 48.7 Å². The zero-order chi connectivity index (χ0) is 22.9. The molecule has 3 aromatic rings. The van der Waals surface area contributed by atoms with Crippen LogP contribution in [-0.4, -0.2) is 43.1 Å². The number of carbonyl (C=O) groups is 1. The molecular weight excluding hydrogens is 439 g/mol. The summed E-state index contributed by atoms with van der Waals surface area (Å²) in [5.41, 5.74) is 0.364. The normalized spacial score (nSPS) is 17.0. The summed E-state index contributed by atoms with van der Waals surface area (Å²) >= 11 is 0. The lowest BCUT2D eigenvalue weighted by molar-refractivity contribution is -0.276. The first-order valence-electron chi connectivity index (χ1n) is 9.34. The van der Waals surface area contributed by atoms with Crippen molar-refractivity contribution in [3.8, 4) is 11.5 Å². The second-order valence-corrected chi connectivity index (χ2v) is 6.87. The lowest BCUT2D eigenvalue weighted by Gasteiger charge is -2.32. The first kappa shape index (κ1) is 21.8. The Morgan fingerprint density at radius 3 is 2.56 bits per heavy atom. The highest BCUT2D eigenvalue weighted by Gasteiger charge is 2.35. The molecule has 11 heteroatoms. The van der Waals surface area contributed by atoms with E-state index in [0.29, 0.717) is 23.4 Å². The topological polar surface area (TPSA) is 60.9 Å². The number of morpholine rings is 1.